The first-order valence-electron chi connectivity index (χ1n) is 10.3. The Hall–Kier alpha value is -3.10. The van der Waals surface area contributed by atoms with Crippen LogP contribution in [0, 0.1) is 0 Å². The van der Waals surface area contributed by atoms with Crippen molar-refractivity contribution in [2.45, 2.75) is 32.2 Å². The molecule has 9 heteroatoms. The summed E-state index contributed by atoms with van der Waals surface area (Å²) in [6.45, 7) is 4.12. The first-order chi connectivity index (χ1) is 14.5. The quantitative estimate of drug-likeness (QED) is 0.674. The maximum absolute atomic E-state index is 12.6. The average molecular weight is 416 g/mol. The highest BCUT2D eigenvalue weighted by Gasteiger charge is 2.38. The van der Waals surface area contributed by atoms with Crippen LogP contribution in [0.15, 0.2) is 30.3 Å². The lowest BCUT2D eigenvalue weighted by Crippen LogP contribution is -2.50. The summed E-state index contributed by atoms with van der Waals surface area (Å²) in [4.78, 5) is 53.4. The van der Waals surface area contributed by atoms with Gasteiger partial charge in [0.05, 0.1) is 6.61 Å². The molecule has 1 N–H and O–H groups in total. The minimum Gasteiger partial charge on any atom is -0.450 e. The average Bonchev–Trinajstić information content (AvgIpc) is 3.04. The zero-order valence-corrected chi connectivity index (χ0v) is 17.2. The van der Waals surface area contributed by atoms with Crippen molar-refractivity contribution in [2.75, 3.05) is 39.3 Å². The van der Waals surface area contributed by atoms with E-state index in [9.17, 15) is 19.2 Å². The van der Waals surface area contributed by atoms with Crippen molar-refractivity contribution in [1.82, 2.24) is 20.0 Å². The smallest absolute Gasteiger partial charge is 0.409 e. The molecule has 1 aromatic carbocycles. The van der Waals surface area contributed by atoms with Gasteiger partial charge in [0.2, 0.25) is 5.91 Å². The molecule has 5 amide bonds. The lowest BCUT2D eigenvalue weighted by Gasteiger charge is -2.34. The predicted octanol–water partition coefficient (Wildman–Crippen LogP) is 1.23. The number of rotatable bonds is 7. The van der Waals surface area contributed by atoms with Crippen LogP contribution in [0.4, 0.5) is 9.59 Å². The van der Waals surface area contributed by atoms with E-state index < -0.39 is 12.1 Å². The Morgan fingerprint density at radius 1 is 1.07 bits per heavy atom. The fourth-order valence-electron chi connectivity index (χ4n) is 3.65. The topological polar surface area (TPSA) is 99.3 Å². The minimum absolute atomic E-state index is 0.0803. The van der Waals surface area contributed by atoms with Crippen LogP contribution in [-0.4, -0.2) is 84.0 Å². The summed E-state index contributed by atoms with van der Waals surface area (Å²) in [6.07, 6.45) is 0.668. The lowest BCUT2D eigenvalue weighted by atomic mass is 10.1. The number of benzene rings is 1. The van der Waals surface area contributed by atoms with Crippen molar-refractivity contribution in [3.05, 3.63) is 35.9 Å². The molecule has 0 saturated carbocycles. The third kappa shape index (κ3) is 5.28. The lowest BCUT2D eigenvalue weighted by molar-refractivity contribution is -0.133. The summed E-state index contributed by atoms with van der Waals surface area (Å²) in [6, 6.07) is 8.59. The minimum atomic E-state index is -0.668. The summed E-state index contributed by atoms with van der Waals surface area (Å²) in [7, 11) is 0. The fraction of sp³-hybridized carbons (Fsp3) is 0.524. The molecule has 2 fully saturated rings. The second kappa shape index (κ2) is 10.1. The summed E-state index contributed by atoms with van der Waals surface area (Å²) in [5.41, 5.74) is 1.05. The number of urea groups is 1. The standard InChI is InChI=1S/C21H28N4O5/c1-2-30-21(29)24-14-12-23(13-15-24)18(26)9-8-17-19(27)25(20(28)22-17)11-10-16-6-4-3-5-7-16/h3-7,17H,2,8-15H2,1H3,(H,22,28). The first-order valence-corrected chi connectivity index (χ1v) is 10.3. The SMILES string of the molecule is CCOC(=O)N1CCN(C(=O)CCC2NC(=O)N(CCc3ccccc3)C2=O)CC1. The van der Waals surface area contributed by atoms with Crippen LogP contribution in [-0.2, 0) is 20.7 Å². The van der Waals surface area contributed by atoms with Crippen molar-refractivity contribution in [1.29, 1.82) is 0 Å². The van der Waals surface area contributed by atoms with Crippen molar-refractivity contribution >= 4 is 23.9 Å². The fourth-order valence-corrected chi connectivity index (χ4v) is 3.65. The highest BCUT2D eigenvalue weighted by molar-refractivity contribution is 6.04. The number of ether oxygens (including phenoxy) is 1. The number of imide groups is 1. The number of nitrogens with zero attached hydrogens (tertiary/aromatic N) is 3. The van der Waals surface area contributed by atoms with Crippen LogP contribution in [0.2, 0.25) is 0 Å². The van der Waals surface area contributed by atoms with E-state index in [1.165, 1.54) is 4.90 Å². The van der Waals surface area contributed by atoms with Crippen molar-refractivity contribution < 1.29 is 23.9 Å². The third-order valence-corrected chi connectivity index (χ3v) is 5.38. The highest BCUT2D eigenvalue weighted by atomic mass is 16.6. The molecule has 30 heavy (non-hydrogen) atoms. The van der Waals surface area contributed by atoms with E-state index in [0.717, 1.165) is 5.56 Å². The highest BCUT2D eigenvalue weighted by Crippen LogP contribution is 2.14. The van der Waals surface area contributed by atoms with Crippen LogP contribution in [0.5, 0.6) is 0 Å². The monoisotopic (exact) mass is 416 g/mol. The molecule has 0 spiro atoms. The van der Waals surface area contributed by atoms with Crippen LogP contribution >= 0.6 is 0 Å². The molecule has 2 saturated heterocycles. The normalized spacial score (nSPS) is 19.1. The molecule has 162 valence electrons. The molecule has 3 rings (SSSR count). The third-order valence-electron chi connectivity index (χ3n) is 5.38. The molecular weight excluding hydrogens is 388 g/mol. The second-order valence-corrected chi connectivity index (χ2v) is 7.33. The van der Waals surface area contributed by atoms with E-state index >= 15 is 0 Å². The van der Waals surface area contributed by atoms with E-state index in [4.69, 9.17) is 4.74 Å². The molecule has 2 heterocycles. The maximum atomic E-state index is 12.6. The number of nitrogens with one attached hydrogen (secondary N) is 1. The molecule has 2 aliphatic heterocycles. The van der Waals surface area contributed by atoms with Gasteiger partial charge >= 0.3 is 12.1 Å². The maximum Gasteiger partial charge on any atom is 0.409 e. The van der Waals surface area contributed by atoms with Crippen molar-refractivity contribution in [3.8, 4) is 0 Å². The Bertz CT molecular complexity index is 777. The van der Waals surface area contributed by atoms with Gasteiger partial charge in [0.15, 0.2) is 0 Å². The summed E-state index contributed by atoms with van der Waals surface area (Å²) in [5.74, 6) is -0.362. The summed E-state index contributed by atoms with van der Waals surface area (Å²) < 4.78 is 4.97. The van der Waals surface area contributed by atoms with Gasteiger partial charge in [-0.3, -0.25) is 14.5 Å². The zero-order valence-electron chi connectivity index (χ0n) is 17.2. The molecule has 2 aliphatic rings. The Labute approximate surface area is 175 Å². The Morgan fingerprint density at radius 2 is 1.73 bits per heavy atom. The van der Waals surface area contributed by atoms with Gasteiger partial charge in [-0.15, -0.1) is 0 Å². The predicted molar refractivity (Wildman–Crippen MR) is 109 cm³/mol. The van der Waals surface area contributed by atoms with Crippen molar-refractivity contribution in [3.63, 3.8) is 0 Å². The van der Waals surface area contributed by atoms with E-state index in [1.54, 1.807) is 16.7 Å². The van der Waals surface area contributed by atoms with Gasteiger partial charge in [-0.05, 0) is 25.3 Å². The molecule has 0 aromatic heterocycles. The van der Waals surface area contributed by atoms with E-state index in [0.29, 0.717) is 45.8 Å². The van der Waals surface area contributed by atoms with Crippen LogP contribution in [0.25, 0.3) is 0 Å². The van der Waals surface area contributed by atoms with Crippen LogP contribution in [0.3, 0.4) is 0 Å². The number of hydrogen-bond acceptors (Lipinski definition) is 5. The van der Waals surface area contributed by atoms with Gasteiger partial charge in [0, 0.05) is 39.1 Å². The Balaban J connectivity index is 1.42. The van der Waals surface area contributed by atoms with Crippen molar-refractivity contribution in [2.24, 2.45) is 0 Å². The number of hydrogen-bond donors (Lipinski definition) is 1. The second-order valence-electron chi connectivity index (χ2n) is 7.33. The van der Waals surface area contributed by atoms with E-state index in [-0.39, 0.29) is 30.7 Å². The van der Waals surface area contributed by atoms with E-state index in [2.05, 4.69) is 5.32 Å². The largest absolute Gasteiger partial charge is 0.450 e. The van der Waals surface area contributed by atoms with Gasteiger partial charge in [0.1, 0.15) is 6.04 Å². The van der Waals surface area contributed by atoms with E-state index in [1.807, 2.05) is 30.3 Å². The molecule has 0 aliphatic carbocycles. The Kier molecular flexibility index (Phi) is 7.26. The van der Waals surface area contributed by atoms with Crippen LogP contribution in [0.1, 0.15) is 25.3 Å². The van der Waals surface area contributed by atoms with Gasteiger partial charge in [0.25, 0.3) is 5.91 Å². The number of carbonyl (C=O) groups is 4. The summed E-state index contributed by atoms with van der Waals surface area (Å²) >= 11 is 0. The molecule has 1 atom stereocenters. The van der Waals surface area contributed by atoms with Gasteiger partial charge in [-0.2, -0.15) is 0 Å². The number of piperazine rings is 1. The molecule has 1 unspecified atom stereocenters. The number of carbonyl (C=O) groups excluding carboxylic acids is 4. The molecule has 0 radical (unpaired) electrons. The van der Waals surface area contributed by atoms with Gasteiger partial charge in [-0.25, -0.2) is 9.59 Å². The molecule has 9 nitrogen and oxygen atoms in total. The molecule has 1 aromatic rings. The number of amides is 5. The first kappa shape index (κ1) is 21.6. The zero-order chi connectivity index (χ0) is 21.5. The summed E-state index contributed by atoms with van der Waals surface area (Å²) in [5, 5.41) is 2.68. The van der Waals surface area contributed by atoms with Crippen LogP contribution < -0.4 is 5.32 Å². The van der Waals surface area contributed by atoms with Gasteiger partial charge in [-0.1, -0.05) is 30.3 Å². The molecular formula is C21H28N4O5. The Morgan fingerprint density at radius 3 is 2.40 bits per heavy atom. The molecule has 0 bridgehead atoms. The van der Waals surface area contributed by atoms with Gasteiger partial charge < -0.3 is 19.9 Å².